The minimum atomic E-state index is -2.94. The van der Waals surface area contributed by atoms with Crippen LogP contribution in [0.5, 0.6) is 0 Å². The van der Waals surface area contributed by atoms with E-state index in [4.69, 9.17) is 0 Å². The number of rotatable bonds is 3. The van der Waals surface area contributed by atoms with Gasteiger partial charge in [0.25, 0.3) is 0 Å². The molecule has 0 radical (unpaired) electrons. The molecular weight excluding hydrogens is 286 g/mol. The van der Waals surface area contributed by atoms with Crippen molar-refractivity contribution in [3.63, 3.8) is 0 Å². The molecule has 112 valence electrons. The highest BCUT2D eigenvalue weighted by molar-refractivity contribution is 7.91. The fourth-order valence-corrected chi connectivity index (χ4v) is 4.84. The van der Waals surface area contributed by atoms with Crippen molar-refractivity contribution in [3.8, 4) is 5.69 Å². The Morgan fingerprint density at radius 1 is 1.29 bits per heavy atom. The van der Waals surface area contributed by atoms with Gasteiger partial charge >= 0.3 is 0 Å². The maximum absolute atomic E-state index is 11.7. The Balaban J connectivity index is 1.94. The third-order valence-corrected chi connectivity index (χ3v) is 5.68. The maximum Gasteiger partial charge on any atom is 0.208 e. The first-order valence-corrected chi connectivity index (χ1v) is 8.79. The van der Waals surface area contributed by atoms with Crippen LogP contribution in [0, 0.1) is 6.92 Å². The lowest BCUT2D eigenvalue weighted by molar-refractivity contribution is 0.568. The van der Waals surface area contributed by atoms with E-state index in [-0.39, 0.29) is 11.5 Å². The molecule has 5 nitrogen and oxygen atoms in total. The number of nitrogens with zero attached hydrogens (tertiary/aromatic N) is 2. The first kappa shape index (κ1) is 14.1. The van der Waals surface area contributed by atoms with Gasteiger partial charge in [0, 0.05) is 11.9 Å². The molecule has 1 unspecified atom stereocenters. The lowest BCUT2D eigenvalue weighted by Crippen LogP contribution is -2.37. The van der Waals surface area contributed by atoms with E-state index in [0.29, 0.717) is 12.4 Å². The second kappa shape index (κ2) is 4.87. The molecule has 0 amide bonds. The number of hydrogen-bond acceptors (Lipinski definition) is 4. The summed E-state index contributed by atoms with van der Waals surface area (Å²) in [6.07, 6.45) is 2.56. The number of sulfone groups is 1. The maximum atomic E-state index is 11.7. The van der Waals surface area contributed by atoms with Gasteiger partial charge in [0.1, 0.15) is 0 Å². The predicted octanol–water partition coefficient (Wildman–Crippen LogP) is 2.17. The van der Waals surface area contributed by atoms with Crippen LogP contribution in [0.15, 0.2) is 36.5 Å². The molecule has 0 aliphatic carbocycles. The van der Waals surface area contributed by atoms with Crippen LogP contribution >= 0.6 is 0 Å². The summed E-state index contributed by atoms with van der Waals surface area (Å²) >= 11 is 0. The van der Waals surface area contributed by atoms with Gasteiger partial charge in [-0.15, -0.1) is 0 Å². The number of para-hydroxylation sites is 1. The molecule has 1 aromatic carbocycles. The van der Waals surface area contributed by atoms with E-state index in [1.165, 1.54) is 0 Å². The highest BCUT2D eigenvalue weighted by Crippen LogP contribution is 2.28. The van der Waals surface area contributed by atoms with Crippen molar-refractivity contribution >= 4 is 15.8 Å². The molecule has 1 N–H and O–H groups in total. The summed E-state index contributed by atoms with van der Waals surface area (Å²) in [5, 5.41) is 3.33. The molecule has 3 rings (SSSR count). The van der Waals surface area contributed by atoms with Crippen molar-refractivity contribution in [1.29, 1.82) is 0 Å². The normalized spacial score (nSPS) is 24.1. The van der Waals surface area contributed by atoms with E-state index in [1.54, 1.807) is 0 Å². The molecule has 0 spiro atoms. The Bertz CT molecular complexity index is 752. The third-order valence-electron chi connectivity index (χ3n) is 3.78. The van der Waals surface area contributed by atoms with Gasteiger partial charge in [0.05, 0.1) is 22.7 Å². The molecule has 1 atom stereocenters. The quantitative estimate of drug-likeness (QED) is 0.944. The summed E-state index contributed by atoms with van der Waals surface area (Å²) in [6, 6.07) is 9.90. The second-order valence-corrected chi connectivity index (χ2v) is 8.12. The van der Waals surface area contributed by atoms with Gasteiger partial charge in [0.15, 0.2) is 9.84 Å². The molecule has 2 aromatic rings. The van der Waals surface area contributed by atoms with Crippen LogP contribution in [0.2, 0.25) is 0 Å². The molecule has 6 heteroatoms. The van der Waals surface area contributed by atoms with Crippen LogP contribution in [0.25, 0.3) is 5.69 Å². The van der Waals surface area contributed by atoms with Crippen LogP contribution < -0.4 is 5.32 Å². The molecule has 1 aliphatic heterocycles. The smallest absolute Gasteiger partial charge is 0.208 e. The van der Waals surface area contributed by atoms with Crippen molar-refractivity contribution in [1.82, 2.24) is 9.55 Å². The Labute approximate surface area is 124 Å². The average molecular weight is 305 g/mol. The van der Waals surface area contributed by atoms with E-state index in [0.717, 1.165) is 11.4 Å². The van der Waals surface area contributed by atoms with Crippen LogP contribution in [0.1, 0.15) is 19.0 Å². The van der Waals surface area contributed by atoms with Gasteiger partial charge in [0.2, 0.25) is 5.95 Å². The first-order valence-electron chi connectivity index (χ1n) is 6.97. The fourth-order valence-electron chi connectivity index (χ4n) is 2.75. The summed E-state index contributed by atoms with van der Waals surface area (Å²) in [7, 11) is -2.94. The Hall–Kier alpha value is -1.82. The second-order valence-electron chi connectivity index (χ2n) is 5.94. The monoisotopic (exact) mass is 305 g/mol. The zero-order valence-electron chi connectivity index (χ0n) is 12.2. The predicted molar refractivity (Wildman–Crippen MR) is 83.6 cm³/mol. The van der Waals surface area contributed by atoms with Crippen LogP contribution in [-0.4, -0.2) is 35.0 Å². The number of anilines is 1. The molecule has 1 aliphatic rings. The minimum absolute atomic E-state index is 0.153. The number of aromatic nitrogens is 2. The fraction of sp³-hybridized carbons (Fsp3) is 0.400. The highest BCUT2D eigenvalue weighted by atomic mass is 32.2. The largest absolute Gasteiger partial charge is 0.349 e. The molecule has 0 bridgehead atoms. The molecule has 21 heavy (non-hydrogen) atoms. The lowest BCUT2D eigenvalue weighted by atomic mass is 10.0. The number of benzene rings is 1. The Morgan fingerprint density at radius 2 is 2.00 bits per heavy atom. The molecule has 2 heterocycles. The van der Waals surface area contributed by atoms with Gasteiger partial charge in [-0.05, 0) is 32.4 Å². The summed E-state index contributed by atoms with van der Waals surface area (Å²) < 4.78 is 25.4. The summed E-state index contributed by atoms with van der Waals surface area (Å²) in [6.45, 7) is 3.87. The van der Waals surface area contributed by atoms with E-state index in [2.05, 4.69) is 10.3 Å². The summed E-state index contributed by atoms with van der Waals surface area (Å²) in [4.78, 5) is 4.50. The third kappa shape index (κ3) is 2.95. The number of hydrogen-bond donors (Lipinski definition) is 1. The van der Waals surface area contributed by atoms with Crippen LogP contribution in [-0.2, 0) is 9.84 Å². The lowest BCUT2D eigenvalue weighted by Gasteiger charge is -2.25. The van der Waals surface area contributed by atoms with Crippen LogP contribution in [0.4, 0.5) is 5.95 Å². The molecule has 0 saturated carbocycles. The van der Waals surface area contributed by atoms with Gasteiger partial charge in [-0.2, -0.15) is 0 Å². The summed E-state index contributed by atoms with van der Waals surface area (Å²) in [5.41, 5.74) is 1.44. The number of imidazole rings is 1. The van der Waals surface area contributed by atoms with Gasteiger partial charge < -0.3 is 5.32 Å². The van der Waals surface area contributed by atoms with E-state index < -0.39 is 15.4 Å². The molecule has 1 saturated heterocycles. The summed E-state index contributed by atoms with van der Waals surface area (Å²) in [5.74, 6) is 1.08. The SMILES string of the molecule is Cc1cn(-c2ccccc2)c(NC2(C)CCS(=O)(=O)C2)n1. The minimum Gasteiger partial charge on any atom is -0.349 e. The molecular formula is C15H19N3O2S. The Morgan fingerprint density at radius 3 is 2.62 bits per heavy atom. The van der Waals surface area contributed by atoms with E-state index in [1.807, 2.05) is 54.9 Å². The van der Waals surface area contributed by atoms with E-state index in [9.17, 15) is 8.42 Å². The van der Waals surface area contributed by atoms with E-state index >= 15 is 0 Å². The zero-order chi connectivity index (χ0) is 15.1. The zero-order valence-corrected chi connectivity index (χ0v) is 13.0. The topological polar surface area (TPSA) is 64.0 Å². The van der Waals surface area contributed by atoms with Gasteiger partial charge in [-0.25, -0.2) is 13.4 Å². The first-order chi connectivity index (χ1) is 9.87. The van der Waals surface area contributed by atoms with Crippen molar-refractivity contribution in [2.45, 2.75) is 25.8 Å². The van der Waals surface area contributed by atoms with Crippen molar-refractivity contribution < 1.29 is 8.42 Å². The van der Waals surface area contributed by atoms with Crippen LogP contribution in [0.3, 0.4) is 0 Å². The molecule has 1 aromatic heterocycles. The average Bonchev–Trinajstić information content (AvgIpc) is 2.90. The number of nitrogens with one attached hydrogen (secondary N) is 1. The van der Waals surface area contributed by atoms with Crippen molar-refractivity contribution in [2.75, 3.05) is 16.8 Å². The molecule has 1 fully saturated rings. The van der Waals surface area contributed by atoms with Crippen molar-refractivity contribution in [2.24, 2.45) is 0 Å². The standard InChI is InChI=1S/C15H19N3O2S/c1-12-10-18(13-6-4-3-5-7-13)14(16-12)17-15(2)8-9-21(19,20)11-15/h3-7,10H,8-9,11H2,1-2H3,(H,16,17). The Kier molecular flexibility index (Phi) is 3.28. The van der Waals surface area contributed by atoms with Gasteiger partial charge in [-0.1, -0.05) is 18.2 Å². The highest BCUT2D eigenvalue weighted by Gasteiger charge is 2.39. The van der Waals surface area contributed by atoms with Gasteiger partial charge in [-0.3, -0.25) is 4.57 Å². The van der Waals surface area contributed by atoms with Crippen molar-refractivity contribution in [3.05, 3.63) is 42.2 Å². The number of aryl methyl sites for hydroxylation is 1.